The maximum Gasteiger partial charge on any atom is 0.123 e. The third-order valence-electron chi connectivity index (χ3n) is 6.83. The molecule has 0 saturated carbocycles. The summed E-state index contributed by atoms with van der Waals surface area (Å²) in [7, 11) is 0. The van der Waals surface area contributed by atoms with Gasteiger partial charge in [0.1, 0.15) is 5.82 Å². The van der Waals surface area contributed by atoms with Crippen molar-refractivity contribution in [1.82, 2.24) is 0 Å². The van der Waals surface area contributed by atoms with Crippen molar-refractivity contribution in [3.05, 3.63) is 119 Å². The van der Waals surface area contributed by atoms with Crippen LogP contribution in [0.3, 0.4) is 0 Å². The molecule has 0 nitrogen and oxygen atoms in total. The Morgan fingerprint density at radius 1 is 0.543 bits per heavy atom. The molecule has 35 heavy (non-hydrogen) atoms. The van der Waals surface area contributed by atoms with Crippen LogP contribution in [0.2, 0.25) is 0 Å². The van der Waals surface area contributed by atoms with E-state index in [1.54, 1.807) is 11.3 Å². The zero-order chi connectivity index (χ0) is 23.4. The lowest BCUT2D eigenvalue weighted by Gasteiger charge is -2.05. The second kappa shape index (κ2) is 8.30. The molecule has 0 spiro atoms. The number of fused-ring (bicyclic) bond motifs is 6. The molecule has 2 heterocycles. The van der Waals surface area contributed by atoms with Gasteiger partial charge < -0.3 is 0 Å². The standard InChI is InChI=1S/C32H21FS2/c33-24-11-7-21(8-12-24)32-19-29-27-17-22-9-14-30-28(26(22)16-23(27)10-15-31(29)35-32)18-25(34-30)13-6-20-4-2-1-3-5-20/h1-5,7-12,14-19H,6,13H2. The van der Waals surface area contributed by atoms with E-state index in [0.29, 0.717) is 0 Å². The minimum Gasteiger partial charge on any atom is -0.207 e. The van der Waals surface area contributed by atoms with Gasteiger partial charge in [-0.2, -0.15) is 0 Å². The lowest BCUT2D eigenvalue weighted by atomic mass is 9.99. The number of halogens is 1. The zero-order valence-corrected chi connectivity index (χ0v) is 20.6. The SMILES string of the molecule is Fc1ccc(-c2cc3c(ccc4cc5c(ccc6sc(CCc7ccccc7)cc65)cc43)s2)cc1. The molecule has 7 rings (SSSR count). The second-order valence-electron chi connectivity index (χ2n) is 9.07. The van der Waals surface area contributed by atoms with Crippen molar-refractivity contribution in [3.8, 4) is 10.4 Å². The Hall–Kier alpha value is -3.53. The highest BCUT2D eigenvalue weighted by Crippen LogP contribution is 2.40. The van der Waals surface area contributed by atoms with E-state index in [9.17, 15) is 4.39 Å². The third-order valence-corrected chi connectivity index (χ3v) is 9.14. The summed E-state index contributed by atoms with van der Waals surface area (Å²) in [6.07, 6.45) is 2.14. The fourth-order valence-corrected chi connectivity index (χ4v) is 7.19. The molecule has 0 fully saturated rings. The van der Waals surface area contributed by atoms with Crippen molar-refractivity contribution in [3.63, 3.8) is 0 Å². The minimum atomic E-state index is -0.199. The van der Waals surface area contributed by atoms with Gasteiger partial charge in [-0.15, -0.1) is 22.7 Å². The van der Waals surface area contributed by atoms with Gasteiger partial charge in [0, 0.05) is 29.9 Å². The second-order valence-corrected chi connectivity index (χ2v) is 11.3. The predicted molar refractivity (Wildman–Crippen MR) is 151 cm³/mol. The molecular formula is C32H21FS2. The Morgan fingerprint density at radius 2 is 1.20 bits per heavy atom. The Morgan fingerprint density at radius 3 is 1.91 bits per heavy atom. The van der Waals surface area contributed by atoms with Gasteiger partial charge >= 0.3 is 0 Å². The van der Waals surface area contributed by atoms with Crippen molar-refractivity contribution in [2.75, 3.05) is 0 Å². The maximum absolute atomic E-state index is 13.4. The summed E-state index contributed by atoms with van der Waals surface area (Å²) in [6, 6.07) is 35.9. The Balaban J connectivity index is 1.32. The van der Waals surface area contributed by atoms with Crippen LogP contribution in [0, 0.1) is 5.82 Å². The molecule has 0 aliphatic carbocycles. The Kier molecular flexibility index (Phi) is 4.93. The highest BCUT2D eigenvalue weighted by Gasteiger charge is 2.11. The average molecular weight is 489 g/mol. The molecule has 0 saturated heterocycles. The van der Waals surface area contributed by atoms with Crippen LogP contribution in [0.15, 0.2) is 103 Å². The van der Waals surface area contributed by atoms with E-state index in [1.165, 1.54) is 69.2 Å². The molecule has 0 atom stereocenters. The van der Waals surface area contributed by atoms with E-state index in [4.69, 9.17) is 0 Å². The molecule has 0 N–H and O–H groups in total. The van der Waals surface area contributed by atoms with E-state index >= 15 is 0 Å². The molecule has 0 amide bonds. The van der Waals surface area contributed by atoms with Crippen LogP contribution in [0.1, 0.15) is 10.4 Å². The van der Waals surface area contributed by atoms with Crippen LogP contribution >= 0.6 is 22.7 Å². The van der Waals surface area contributed by atoms with Crippen LogP contribution in [-0.2, 0) is 12.8 Å². The number of hydrogen-bond donors (Lipinski definition) is 0. The molecule has 0 aliphatic heterocycles. The van der Waals surface area contributed by atoms with Crippen LogP contribution in [-0.4, -0.2) is 0 Å². The van der Waals surface area contributed by atoms with Gasteiger partial charge in [-0.05, 0) is 94.0 Å². The summed E-state index contributed by atoms with van der Waals surface area (Å²) >= 11 is 3.68. The van der Waals surface area contributed by atoms with Crippen LogP contribution in [0.5, 0.6) is 0 Å². The van der Waals surface area contributed by atoms with E-state index < -0.39 is 0 Å². The summed E-state index contributed by atoms with van der Waals surface area (Å²) in [5.74, 6) is -0.199. The van der Waals surface area contributed by atoms with E-state index in [1.807, 2.05) is 23.5 Å². The Labute approximate surface area is 210 Å². The normalized spacial score (nSPS) is 11.8. The molecule has 168 valence electrons. The van der Waals surface area contributed by atoms with E-state index in [2.05, 4.69) is 78.9 Å². The highest BCUT2D eigenvalue weighted by atomic mass is 32.1. The van der Waals surface area contributed by atoms with Crippen molar-refractivity contribution < 1.29 is 4.39 Å². The number of rotatable bonds is 4. The average Bonchev–Trinajstić information content (AvgIpc) is 3.52. The first-order valence-electron chi connectivity index (χ1n) is 11.8. The van der Waals surface area contributed by atoms with Gasteiger partial charge in [0.15, 0.2) is 0 Å². The van der Waals surface area contributed by atoms with Gasteiger partial charge in [-0.25, -0.2) is 4.39 Å². The van der Waals surface area contributed by atoms with Crippen molar-refractivity contribution in [1.29, 1.82) is 0 Å². The fourth-order valence-electron chi connectivity index (χ4n) is 5.03. The molecule has 3 heteroatoms. The summed E-state index contributed by atoms with van der Waals surface area (Å²) < 4.78 is 16.0. The van der Waals surface area contributed by atoms with Crippen molar-refractivity contribution in [2.45, 2.75) is 12.8 Å². The van der Waals surface area contributed by atoms with Crippen molar-refractivity contribution in [2.24, 2.45) is 0 Å². The fraction of sp³-hybridized carbons (Fsp3) is 0.0625. The van der Waals surface area contributed by atoms with Crippen LogP contribution < -0.4 is 0 Å². The number of hydrogen-bond acceptors (Lipinski definition) is 2. The van der Waals surface area contributed by atoms with Crippen molar-refractivity contribution >= 4 is 64.4 Å². The molecule has 0 bridgehead atoms. The molecule has 0 radical (unpaired) electrons. The summed E-state index contributed by atoms with van der Waals surface area (Å²) in [5.41, 5.74) is 2.45. The van der Waals surface area contributed by atoms with Gasteiger partial charge in [0.05, 0.1) is 0 Å². The monoisotopic (exact) mass is 488 g/mol. The van der Waals surface area contributed by atoms with Crippen LogP contribution in [0.25, 0.3) is 52.2 Å². The van der Waals surface area contributed by atoms with Crippen LogP contribution in [0.4, 0.5) is 4.39 Å². The predicted octanol–water partition coefficient (Wildman–Crippen LogP) is 10.0. The van der Waals surface area contributed by atoms with Gasteiger partial charge in [-0.1, -0.05) is 54.6 Å². The largest absolute Gasteiger partial charge is 0.207 e. The molecule has 0 aliphatic rings. The summed E-state index contributed by atoms with van der Waals surface area (Å²) in [4.78, 5) is 2.61. The minimum absolute atomic E-state index is 0.199. The first-order chi connectivity index (χ1) is 17.2. The topological polar surface area (TPSA) is 0 Å². The Bertz CT molecular complexity index is 1840. The molecular weight excluding hydrogens is 467 g/mol. The van der Waals surface area contributed by atoms with E-state index in [-0.39, 0.29) is 5.82 Å². The van der Waals surface area contributed by atoms with Gasteiger partial charge in [0.2, 0.25) is 0 Å². The maximum atomic E-state index is 13.4. The first kappa shape index (κ1) is 20.8. The van der Waals surface area contributed by atoms with Gasteiger partial charge in [-0.3, -0.25) is 0 Å². The number of thiophene rings is 2. The lowest BCUT2D eigenvalue weighted by Crippen LogP contribution is -1.87. The van der Waals surface area contributed by atoms with Gasteiger partial charge in [0.25, 0.3) is 0 Å². The smallest absolute Gasteiger partial charge is 0.123 e. The quantitative estimate of drug-likeness (QED) is 0.216. The highest BCUT2D eigenvalue weighted by molar-refractivity contribution is 7.22. The van der Waals surface area contributed by atoms with E-state index in [0.717, 1.165) is 18.4 Å². The molecule has 5 aromatic carbocycles. The first-order valence-corrected chi connectivity index (χ1v) is 13.5. The number of benzene rings is 5. The lowest BCUT2D eigenvalue weighted by molar-refractivity contribution is 0.628. The number of aryl methyl sites for hydroxylation is 2. The molecule has 7 aromatic rings. The zero-order valence-electron chi connectivity index (χ0n) is 18.9. The molecule has 0 unspecified atom stereocenters. The summed E-state index contributed by atoms with van der Waals surface area (Å²) in [6.45, 7) is 0. The summed E-state index contributed by atoms with van der Waals surface area (Å²) in [5, 5.41) is 7.76. The molecule has 2 aromatic heterocycles. The third kappa shape index (κ3) is 3.72.